The van der Waals surface area contributed by atoms with Crippen molar-refractivity contribution < 1.29 is 13.6 Å². The van der Waals surface area contributed by atoms with Gasteiger partial charge in [0.2, 0.25) is 0 Å². The Bertz CT molecular complexity index is 5990. The number of fused-ring (bicyclic) bond motifs is 13. The molecule has 19 rings (SSSR count). The third-order valence-corrected chi connectivity index (χ3v) is 20.8. The molecule has 14 aromatic carbocycles. The molecule has 5 nitrogen and oxygen atoms in total. The standard InChI is InChI=1S/C92H67BN2O3/c1-91(2,3)66-38-28-56(29-39-66)60-34-44-83-73(48-60)75-50-62(36-46-85(75)96-83)64-32-42-77-81(52-64)95(90-69(58-18-9-7-10-19-58)24-17-25-70(90)59-20-11-8-12-21-59)82-54-68(94-79-26-15-13-22-71(79)72-23-14-16-27-80(72)94)55-88-89(82)93(77)78-43-33-65(53-87(78)98-88)63-37-47-86-76(51-63)74-49-61(35-45-84(74)97-86)57-30-40-67(41-31-57)92(4,5)6/h7-55H,1-6H3. The maximum absolute atomic E-state index is 7.66. The SMILES string of the molecule is CC(C)(C)c1ccc(-c2ccc3oc4ccc(-c5ccc6c(c5)Oc5cc(-n7c8ccccc8c8ccccc87)cc7c5B6c5ccc(-c6ccc8oc9ccc(-c%10ccc(C(C)(C)C)cc%10)cc9c8c6)cc5N7c5c(-c6ccccc6)cccc5-c5ccccc5)cc4c3c2)cc1. The topological polar surface area (TPSA) is 43.7 Å². The molecular weight excluding hydrogens is 1190 g/mol. The quantitative estimate of drug-likeness (QED) is 0.142. The van der Waals surface area contributed by atoms with Crippen LogP contribution in [0.1, 0.15) is 52.7 Å². The van der Waals surface area contributed by atoms with Gasteiger partial charge in [-0.2, -0.15) is 0 Å². The van der Waals surface area contributed by atoms with E-state index in [1.165, 1.54) is 38.5 Å². The molecule has 0 fully saturated rings. The lowest BCUT2D eigenvalue weighted by Gasteiger charge is -2.42. The van der Waals surface area contributed by atoms with Crippen molar-refractivity contribution in [1.29, 1.82) is 0 Å². The van der Waals surface area contributed by atoms with E-state index >= 15 is 0 Å². The smallest absolute Gasteiger partial charge is 0.256 e. The van der Waals surface area contributed by atoms with Crippen LogP contribution in [0.5, 0.6) is 11.5 Å². The number of furan rings is 2. The van der Waals surface area contributed by atoms with Gasteiger partial charge in [-0.15, -0.1) is 0 Å². The van der Waals surface area contributed by atoms with E-state index in [2.05, 4.69) is 348 Å². The van der Waals surface area contributed by atoms with Crippen LogP contribution in [0, 0.1) is 0 Å². The Labute approximate surface area is 570 Å². The van der Waals surface area contributed by atoms with E-state index in [4.69, 9.17) is 13.6 Å². The fourth-order valence-corrected chi connectivity index (χ4v) is 15.7. The summed E-state index contributed by atoms with van der Waals surface area (Å²) in [6.07, 6.45) is 0. The van der Waals surface area contributed by atoms with Crippen molar-refractivity contribution in [2.75, 3.05) is 4.90 Å². The summed E-state index contributed by atoms with van der Waals surface area (Å²) in [5.74, 6) is 1.64. The molecule has 0 radical (unpaired) electrons. The first kappa shape index (κ1) is 57.6. The fraction of sp³-hybridized carbons (Fsp3) is 0.0870. The summed E-state index contributed by atoms with van der Waals surface area (Å²) in [7, 11) is 0. The molecule has 6 heteroatoms. The van der Waals surface area contributed by atoms with Crippen LogP contribution < -0.4 is 26.0 Å². The predicted octanol–water partition coefficient (Wildman–Crippen LogP) is 23.6. The number of benzene rings is 14. The van der Waals surface area contributed by atoms with Gasteiger partial charge in [-0.25, -0.2) is 0 Å². The van der Waals surface area contributed by atoms with Crippen molar-refractivity contribution in [3.05, 3.63) is 308 Å². The summed E-state index contributed by atoms with van der Waals surface area (Å²) in [4.78, 5) is 2.58. The number of hydrogen-bond donors (Lipinski definition) is 0. The molecule has 0 bridgehead atoms. The second-order valence-corrected chi connectivity index (χ2v) is 28.8. The normalized spacial score (nSPS) is 12.8. The number of ether oxygens (including phenoxy) is 1. The van der Waals surface area contributed by atoms with Gasteiger partial charge in [0.05, 0.1) is 22.4 Å². The fourth-order valence-electron chi connectivity index (χ4n) is 15.7. The van der Waals surface area contributed by atoms with Gasteiger partial charge in [-0.1, -0.05) is 254 Å². The second-order valence-electron chi connectivity index (χ2n) is 28.8. The highest BCUT2D eigenvalue weighted by Gasteiger charge is 2.44. The summed E-state index contributed by atoms with van der Waals surface area (Å²) in [5, 5.41) is 6.71. The van der Waals surface area contributed by atoms with E-state index in [-0.39, 0.29) is 17.5 Å². The van der Waals surface area contributed by atoms with Gasteiger partial charge in [-0.3, -0.25) is 0 Å². The Morgan fingerprint density at radius 2 is 0.704 bits per heavy atom. The van der Waals surface area contributed by atoms with Crippen LogP contribution >= 0.6 is 0 Å². The van der Waals surface area contributed by atoms with Gasteiger partial charge in [0.15, 0.2) is 0 Å². The van der Waals surface area contributed by atoms with E-state index in [0.29, 0.717) is 0 Å². The van der Waals surface area contributed by atoms with Crippen LogP contribution in [-0.4, -0.2) is 11.3 Å². The zero-order valence-corrected chi connectivity index (χ0v) is 55.5. The first-order valence-electron chi connectivity index (χ1n) is 34.1. The van der Waals surface area contributed by atoms with E-state index in [1.807, 2.05) is 0 Å². The molecule has 3 aromatic heterocycles. The van der Waals surface area contributed by atoms with Crippen molar-refractivity contribution >= 4 is 106 Å². The van der Waals surface area contributed by atoms with Crippen LogP contribution in [-0.2, 0) is 10.8 Å². The Hall–Kier alpha value is -11.9. The molecule has 5 heterocycles. The number of hydrogen-bond acceptors (Lipinski definition) is 4. The van der Waals surface area contributed by atoms with Gasteiger partial charge in [-0.05, 0) is 173 Å². The van der Waals surface area contributed by atoms with Gasteiger partial charge < -0.3 is 23.0 Å². The van der Waals surface area contributed by atoms with E-state index < -0.39 is 0 Å². The van der Waals surface area contributed by atoms with Crippen molar-refractivity contribution in [2.45, 2.75) is 52.4 Å². The van der Waals surface area contributed by atoms with Gasteiger partial charge in [0.1, 0.15) is 33.8 Å². The number of rotatable bonds is 8. The molecule has 0 saturated heterocycles. The van der Waals surface area contributed by atoms with Crippen molar-refractivity contribution in [3.63, 3.8) is 0 Å². The maximum atomic E-state index is 7.66. The molecular formula is C92H67BN2O3. The second kappa shape index (κ2) is 21.8. The molecule has 17 aromatic rings. The van der Waals surface area contributed by atoms with Crippen LogP contribution in [0.25, 0.3) is 138 Å². The zero-order valence-electron chi connectivity index (χ0n) is 55.5. The monoisotopic (exact) mass is 1260 g/mol. The molecule has 98 heavy (non-hydrogen) atoms. The molecule has 466 valence electrons. The largest absolute Gasteiger partial charge is 0.458 e. The first-order valence-corrected chi connectivity index (χ1v) is 34.1. The predicted molar refractivity (Wildman–Crippen MR) is 411 cm³/mol. The molecule has 0 saturated carbocycles. The number of anilines is 3. The third-order valence-electron chi connectivity index (χ3n) is 20.8. The van der Waals surface area contributed by atoms with Crippen molar-refractivity contribution in [1.82, 2.24) is 4.57 Å². The van der Waals surface area contributed by atoms with Gasteiger partial charge in [0.25, 0.3) is 6.71 Å². The molecule has 2 aliphatic heterocycles. The highest BCUT2D eigenvalue weighted by atomic mass is 16.5. The Balaban J connectivity index is 0.834. The molecule has 0 N–H and O–H groups in total. The average Bonchev–Trinajstić information content (AvgIpc) is 0.872. The Morgan fingerprint density at radius 3 is 1.18 bits per heavy atom. The van der Waals surface area contributed by atoms with Gasteiger partial charge in [0, 0.05) is 60.9 Å². The Morgan fingerprint density at radius 1 is 0.296 bits per heavy atom. The zero-order chi connectivity index (χ0) is 65.7. The summed E-state index contributed by atoms with van der Waals surface area (Å²) in [6, 6.07) is 110. The van der Waals surface area contributed by atoms with E-state index in [1.54, 1.807) is 0 Å². The minimum atomic E-state index is -0.221. The number of nitrogens with zero attached hydrogens (tertiary/aromatic N) is 2. The number of aromatic nitrogens is 1. The molecule has 0 unspecified atom stereocenters. The summed E-state index contributed by atoms with van der Waals surface area (Å²) in [6.45, 7) is 13.4. The minimum absolute atomic E-state index is 0.0622. The highest BCUT2D eigenvalue weighted by molar-refractivity contribution is 6.99. The van der Waals surface area contributed by atoms with Crippen LogP contribution in [0.2, 0.25) is 0 Å². The molecule has 0 spiro atoms. The van der Waals surface area contributed by atoms with Crippen LogP contribution in [0.4, 0.5) is 17.1 Å². The lowest BCUT2D eigenvalue weighted by Crippen LogP contribution is -2.59. The molecule has 2 aliphatic rings. The van der Waals surface area contributed by atoms with Crippen molar-refractivity contribution in [3.8, 4) is 83.9 Å². The van der Waals surface area contributed by atoms with Crippen LogP contribution in [0.15, 0.2) is 306 Å². The summed E-state index contributed by atoms with van der Waals surface area (Å²) < 4.78 is 23.3. The van der Waals surface area contributed by atoms with Crippen molar-refractivity contribution in [2.24, 2.45) is 0 Å². The molecule has 0 aliphatic carbocycles. The Kier molecular flexibility index (Phi) is 12.8. The lowest BCUT2D eigenvalue weighted by atomic mass is 9.34. The number of para-hydroxylation sites is 3. The maximum Gasteiger partial charge on any atom is 0.256 e. The molecule has 0 amide bonds. The summed E-state index contributed by atoms with van der Waals surface area (Å²) >= 11 is 0. The average molecular weight is 1260 g/mol. The highest BCUT2D eigenvalue weighted by Crippen LogP contribution is 2.51. The third kappa shape index (κ3) is 9.30. The molecule has 0 atom stereocenters. The van der Waals surface area contributed by atoms with Crippen LogP contribution in [0.3, 0.4) is 0 Å². The summed E-state index contributed by atoms with van der Waals surface area (Å²) in [5.41, 5.74) is 29.5. The van der Waals surface area contributed by atoms with E-state index in [9.17, 15) is 0 Å². The first-order chi connectivity index (χ1) is 47.8. The minimum Gasteiger partial charge on any atom is -0.458 e. The lowest BCUT2D eigenvalue weighted by molar-refractivity contribution is 0.487. The van der Waals surface area contributed by atoms with Gasteiger partial charge >= 0.3 is 0 Å². The van der Waals surface area contributed by atoms with E-state index in [0.717, 1.165) is 156 Å².